The summed E-state index contributed by atoms with van der Waals surface area (Å²) in [7, 11) is -1.15. The fourth-order valence-electron chi connectivity index (χ4n) is 6.65. The van der Waals surface area contributed by atoms with E-state index < -0.39 is 9.84 Å². The molecule has 2 saturated heterocycles. The molecule has 7 heteroatoms. The number of aromatic nitrogens is 2. The first-order valence-corrected chi connectivity index (χ1v) is 15.7. The van der Waals surface area contributed by atoms with Gasteiger partial charge in [0.2, 0.25) is 0 Å². The quantitative estimate of drug-likeness (QED) is 0.476. The Morgan fingerprint density at radius 2 is 1.78 bits per heavy atom. The van der Waals surface area contributed by atoms with Gasteiger partial charge in [0.05, 0.1) is 15.9 Å². The maximum atomic E-state index is 11.9. The summed E-state index contributed by atoms with van der Waals surface area (Å²) in [5, 5.41) is 3.54. The van der Waals surface area contributed by atoms with Gasteiger partial charge in [-0.1, -0.05) is 13.8 Å². The first-order valence-electron chi connectivity index (χ1n) is 13.9. The zero-order valence-corrected chi connectivity index (χ0v) is 23.8. The van der Waals surface area contributed by atoms with Crippen molar-refractivity contribution in [2.45, 2.75) is 75.8 Å². The van der Waals surface area contributed by atoms with Gasteiger partial charge in [-0.2, -0.15) is 0 Å². The topological polar surface area (TPSA) is 67.2 Å². The fourth-order valence-corrected chi connectivity index (χ4v) is 7.28. The molecule has 0 saturated carbocycles. The molecule has 1 N–H and O–H groups in total. The van der Waals surface area contributed by atoms with E-state index in [-0.39, 0.29) is 0 Å². The Morgan fingerprint density at radius 1 is 1.08 bits per heavy atom. The summed E-state index contributed by atoms with van der Waals surface area (Å²) in [6.45, 7) is 10.4. The van der Waals surface area contributed by atoms with Crippen molar-refractivity contribution in [3.05, 3.63) is 47.5 Å². The van der Waals surface area contributed by atoms with Gasteiger partial charge in [0.25, 0.3) is 0 Å². The molecule has 1 unspecified atom stereocenters. The molecular weight excluding hydrogens is 480 g/mol. The van der Waals surface area contributed by atoms with E-state index >= 15 is 0 Å². The van der Waals surface area contributed by atoms with Gasteiger partial charge in [0.15, 0.2) is 9.84 Å². The van der Waals surface area contributed by atoms with E-state index in [1.54, 1.807) is 12.1 Å². The summed E-state index contributed by atoms with van der Waals surface area (Å²) < 4.78 is 25.9. The number of sulfone groups is 1. The monoisotopic (exact) mass is 522 g/mol. The molecule has 0 spiro atoms. The highest BCUT2D eigenvalue weighted by atomic mass is 32.2. The molecule has 2 fully saturated rings. The minimum atomic E-state index is -3.22. The van der Waals surface area contributed by atoms with Crippen LogP contribution in [0.5, 0.6) is 0 Å². The molecule has 0 amide bonds. The van der Waals surface area contributed by atoms with Gasteiger partial charge < -0.3 is 9.88 Å². The van der Waals surface area contributed by atoms with Gasteiger partial charge in [-0.25, -0.2) is 13.4 Å². The highest BCUT2D eigenvalue weighted by molar-refractivity contribution is 7.90. The standard InChI is InChI=1S/C30H42N4O2S/c1-20(2)16-25-18-23(12-15-34(25)24-10-13-31-14-11-24)27-19-29-28(17-21(27)3)32-30(33(29)4)22-6-8-26(9-7-22)37(5,35)36/h6-9,17,19-20,23-25,31H,10-16,18H2,1-5H3/t23?,25-/m1/s1. The van der Waals surface area contributed by atoms with Crippen molar-refractivity contribution < 1.29 is 8.42 Å². The summed E-state index contributed by atoms with van der Waals surface area (Å²) in [5.74, 6) is 2.13. The van der Waals surface area contributed by atoms with Gasteiger partial charge in [-0.3, -0.25) is 4.90 Å². The molecule has 0 aliphatic carbocycles. The van der Waals surface area contributed by atoms with Gasteiger partial charge >= 0.3 is 0 Å². The van der Waals surface area contributed by atoms with Crippen molar-refractivity contribution in [2.75, 3.05) is 25.9 Å². The summed E-state index contributed by atoms with van der Waals surface area (Å²) in [6, 6.07) is 13.1. The fraction of sp³-hybridized carbons (Fsp3) is 0.567. The van der Waals surface area contributed by atoms with E-state index in [0.717, 1.165) is 41.6 Å². The highest BCUT2D eigenvalue weighted by Crippen LogP contribution is 2.39. The van der Waals surface area contributed by atoms with Crippen LogP contribution in [-0.4, -0.2) is 60.8 Å². The average Bonchev–Trinajstić information content (AvgIpc) is 3.18. The van der Waals surface area contributed by atoms with Crippen molar-refractivity contribution >= 4 is 20.9 Å². The van der Waals surface area contributed by atoms with Crippen LogP contribution in [0, 0.1) is 12.8 Å². The third kappa shape index (κ3) is 5.50. The van der Waals surface area contributed by atoms with Crippen LogP contribution in [0.4, 0.5) is 0 Å². The second kappa shape index (κ2) is 10.5. The molecule has 5 rings (SSSR count). The number of nitrogens with zero attached hydrogens (tertiary/aromatic N) is 3. The average molecular weight is 523 g/mol. The summed E-state index contributed by atoms with van der Waals surface area (Å²) >= 11 is 0. The number of imidazole rings is 1. The van der Waals surface area contributed by atoms with Crippen molar-refractivity contribution in [3.8, 4) is 11.4 Å². The largest absolute Gasteiger partial charge is 0.327 e. The van der Waals surface area contributed by atoms with E-state index in [1.165, 1.54) is 56.0 Å². The van der Waals surface area contributed by atoms with Gasteiger partial charge in [-0.05, 0) is 118 Å². The molecule has 200 valence electrons. The van der Waals surface area contributed by atoms with E-state index in [0.29, 0.717) is 22.8 Å². The van der Waals surface area contributed by atoms with E-state index in [9.17, 15) is 8.42 Å². The second-order valence-electron chi connectivity index (χ2n) is 11.7. The smallest absolute Gasteiger partial charge is 0.175 e. The first kappa shape index (κ1) is 26.4. The molecule has 0 bridgehead atoms. The lowest BCUT2D eigenvalue weighted by Gasteiger charge is -2.46. The Balaban J connectivity index is 1.44. The Bertz CT molecular complexity index is 1350. The second-order valence-corrected chi connectivity index (χ2v) is 13.7. The Hall–Kier alpha value is -2.22. The molecule has 2 aliphatic heterocycles. The molecule has 37 heavy (non-hydrogen) atoms. The molecule has 3 heterocycles. The van der Waals surface area contributed by atoms with Crippen LogP contribution in [-0.2, 0) is 16.9 Å². The van der Waals surface area contributed by atoms with Crippen LogP contribution in [0.3, 0.4) is 0 Å². The van der Waals surface area contributed by atoms with Crippen molar-refractivity contribution in [3.63, 3.8) is 0 Å². The zero-order valence-electron chi connectivity index (χ0n) is 23.0. The van der Waals surface area contributed by atoms with Gasteiger partial charge in [-0.15, -0.1) is 0 Å². The van der Waals surface area contributed by atoms with Crippen LogP contribution in [0.2, 0.25) is 0 Å². The van der Waals surface area contributed by atoms with Crippen molar-refractivity contribution in [1.29, 1.82) is 0 Å². The van der Waals surface area contributed by atoms with Gasteiger partial charge in [0, 0.05) is 31.0 Å². The number of piperidine rings is 2. The predicted octanol–water partition coefficient (Wildman–Crippen LogP) is 5.30. The maximum absolute atomic E-state index is 11.9. The number of benzene rings is 2. The predicted molar refractivity (Wildman–Crippen MR) is 152 cm³/mol. The van der Waals surface area contributed by atoms with Crippen molar-refractivity contribution in [1.82, 2.24) is 19.8 Å². The lowest BCUT2D eigenvalue weighted by molar-refractivity contribution is 0.0561. The normalized spacial score (nSPS) is 22.2. The van der Waals surface area contributed by atoms with Crippen LogP contribution in [0.1, 0.15) is 63.0 Å². The van der Waals surface area contributed by atoms with Crippen LogP contribution in [0.25, 0.3) is 22.4 Å². The summed E-state index contributed by atoms with van der Waals surface area (Å²) in [4.78, 5) is 8.14. The number of rotatable bonds is 6. The van der Waals surface area contributed by atoms with Crippen molar-refractivity contribution in [2.24, 2.45) is 13.0 Å². The van der Waals surface area contributed by atoms with Crippen LogP contribution in [0.15, 0.2) is 41.3 Å². The highest BCUT2D eigenvalue weighted by Gasteiger charge is 2.35. The third-order valence-electron chi connectivity index (χ3n) is 8.53. The number of aryl methyl sites for hydroxylation is 2. The molecule has 2 aromatic carbocycles. The molecule has 2 atom stereocenters. The zero-order chi connectivity index (χ0) is 26.3. The van der Waals surface area contributed by atoms with E-state index in [4.69, 9.17) is 4.98 Å². The lowest BCUT2D eigenvalue weighted by Crippen LogP contribution is -2.51. The number of hydrogen-bond acceptors (Lipinski definition) is 5. The van der Waals surface area contributed by atoms with Crippen LogP contribution < -0.4 is 5.32 Å². The van der Waals surface area contributed by atoms with Crippen LogP contribution >= 0.6 is 0 Å². The summed E-state index contributed by atoms with van der Waals surface area (Å²) in [5.41, 5.74) is 5.86. The molecule has 2 aliphatic rings. The van der Waals surface area contributed by atoms with E-state index in [2.05, 4.69) is 54.7 Å². The SMILES string of the molecule is Cc1cc2nc(-c3ccc(S(C)(=O)=O)cc3)n(C)c2cc1C1CCN(C2CCNCC2)[C@H](CC(C)C)C1. The lowest BCUT2D eigenvalue weighted by atomic mass is 9.80. The minimum absolute atomic E-state index is 0.333. The Labute approximate surface area is 222 Å². The first-order chi connectivity index (χ1) is 17.6. The molecular formula is C30H42N4O2S. The number of fused-ring (bicyclic) bond motifs is 1. The minimum Gasteiger partial charge on any atom is -0.327 e. The number of nitrogens with one attached hydrogen (secondary N) is 1. The number of hydrogen-bond donors (Lipinski definition) is 1. The molecule has 0 radical (unpaired) electrons. The van der Waals surface area contributed by atoms with E-state index in [1.807, 2.05) is 12.1 Å². The maximum Gasteiger partial charge on any atom is 0.175 e. The Kier molecular flexibility index (Phi) is 7.49. The van der Waals surface area contributed by atoms with Gasteiger partial charge in [0.1, 0.15) is 5.82 Å². The molecule has 3 aromatic rings. The number of likely N-dealkylation sites (tertiary alicyclic amines) is 1. The third-order valence-corrected chi connectivity index (χ3v) is 9.66. The Morgan fingerprint density at radius 3 is 2.43 bits per heavy atom. The molecule has 6 nitrogen and oxygen atoms in total. The summed E-state index contributed by atoms with van der Waals surface area (Å²) in [6.07, 6.45) is 7.49. The molecule has 1 aromatic heterocycles.